The molecule has 1 fully saturated rings. The van der Waals surface area contributed by atoms with Gasteiger partial charge in [-0.3, -0.25) is 9.36 Å². The molecule has 0 spiro atoms. The van der Waals surface area contributed by atoms with Gasteiger partial charge < -0.3 is 9.47 Å². The van der Waals surface area contributed by atoms with Gasteiger partial charge in [0.25, 0.3) is 5.56 Å². The smallest absolute Gasteiger partial charge is 0.346 e. The van der Waals surface area contributed by atoms with Crippen molar-refractivity contribution in [2.45, 2.75) is 30.8 Å². The van der Waals surface area contributed by atoms with Crippen LogP contribution >= 0.6 is 35.0 Å². The molecule has 11 heteroatoms. The quantitative estimate of drug-likeness (QED) is 0.403. The number of nitrogens with zero attached hydrogens (tertiary/aromatic N) is 2. The largest absolute Gasteiger partial charge is 0.416 e. The molecule has 0 bridgehead atoms. The monoisotopic (exact) mass is 504 g/mol. The highest BCUT2D eigenvalue weighted by atomic mass is 35.5. The van der Waals surface area contributed by atoms with Gasteiger partial charge in [-0.05, 0) is 35.6 Å². The highest BCUT2D eigenvalue weighted by molar-refractivity contribution is 7.99. The van der Waals surface area contributed by atoms with E-state index in [4.69, 9.17) is 32.7 Å². The molecule has 0 atom stereocenters. The molecule has 1 aliphatic rings. The number of ether oxygens (including phenoxy) is 2. The van der Waals surface area contributed by atoms with Crippen molar-refractivity contribution in [2.75, 3.05) is 19.0 Å². The van der Waals surface area contributed by atoms with Crippen LogP contribution < -0.4 is 5.56 Å². The molecule has 1 saturated heterocycles. The first-order valence-electron chi connectivity index (χ1n) is 9.64. The number of hydrogen-bond acceptors (Lipinski definition) is 5. The molecule has 4 rings (SSSR count). The summed E-state index contributed by atoms with van der Waals surface area (Å²) in [5.74, 6) is 0.804. The van der Waals surface area contributed by atoms with Gasteiger partial charge in [0.05, 0.1) is 47.6 Å². The molecule has 0 radical (unpaired) electrons. The summed E-state index contributed by atoms with van der Waals surface area (Å²) in [7, 11) is 0. The van der Waals surface area contributed by atoms with Crippen molar-refractivity contribution >= 4 is 45.9 Å². The first kappa shape index (κ1) is 23.4. The van der Waals surface area contributed by atoms with E-state index in [1.807, 2.05) is 13.0 Å². The Morgan fingerprint density at radius 3 is 2.59 bits per heavy atom. The van der Waals surface area contributed by atoms with Gasteiger partial charge in [0.2, 0.25) is 0 Å². The summed E-state index contributed by atoms with van der Waals surface area (Å²) in [5, 5.41) is -0.0555. The van der Waals surface area contributed by atoms with Crippen molar-refractivity contribution in [3.8, 4) is 0 Å². The van der Waals surface area contributed by atoms with Gasteiger partial charge >= 0.3 is 6.18 Å². The van der Waals surface area contributed by atoms with Crippen LogP contribution in [0.15, 0.2) is 40.3 Å². The summed E-state index contributed by atoms with van der Waals surface area (Å²) in [6.45, 7) is 2.37. The summed E-state index contributed by atoms with van der Waals surface area (Å²) in [4.78, 5) is 18.3. The van der Waals surface area contributed by atoms with Crippen molar-refractivity contribution in [1.29, 1.82) is 0 Å². The number of benzene rings is 2. The second kappa shape index (κ2) is 9.23. The maximum atomic E-state index is 13.9. The molecule has 2 aromatic carbocycles. The lowest BCUT2D eigenvalue weighted by Gasteiger charge is -2.20. The molecule has 0 unspecified atom stereocenters. The summed E-state index contributed by atoms with van der Waals surface area (Å²) in [6.07, 6.45) is -4.77. The van der Waals surface area contributed by atoms with Gasteiger partial charge in [-0.2, -0.15) is 13.2 Å². The molecule has 32 heavy (non-hydrogen) atoms. The molecule has 170 valence electrons. The van der Waals surface area contributed by atoms with Crippen LogP contribution in [0.2, 0.25) is 10.0 Å². The third-order valence-corrected chi connectivity index (χ3v) is 6.54. The lowest BCUT2D eigenvalue weighted by molar-refractivity contribution is -0.142. The highest BCUT2D eigenvalue weighted by Gasteiger charge is 2.39. The lowest BCUT2D eigenvalue weighted by Crippen LogP contribution is -2.23. The fraction of sp³-hybridized carbons (Fsp3) is 0.333. The molecule has 1 aromatic heterocycles. The number of thioether (sulfide) groups is 1. The molecular weight excluding hydrogens is 488 g/mol. The van der Waals surface area contributed by atoms with Crippen LogP contribution in [0.4, 0.5) is 13.2 Å². The number of aromatic nitrogens is 2. The standard InChI is InChI=1S/C21H17Cl2F3N2O3S/c1-2-32-15-4-3-12(22)7-11(15)9-28-10-27-18-13(19(28)29)8-14(21(24,25)26)16(17(18)23)20-30-5-6-31-20/h3-4,7-8,10,20H,2,5-6,9H2,1H3. The molecule has 5 nitrogen and oxygen atoms in total. The first-order chi connectivity index (χ1) is 15.2. The van der Waals surface area contributed by atoms with Crippen LogP contribution in [-0.2, 0) is 22.2 Å². The summed E-state index contributed by atoms with van der Waals surface area (Å²) >= 11 is 14.0. The van der Waals surface area contributed by atoms with Crippen LogP contribution in [-0.4, -0.2) is 28.5 Å². The van der Waals surface area contributed by atoms with Crippen molar-refractivity contribution in [2.24, 2.45) is 0 Å². The molecule has 2 heterocycles. The summed E-state index contributed by atoms with van der Waals surface area (Å²) in [5.41, 5.74) is -1.37. The minimum Gasteiger partial charge on any atom is -0.346 e. The third-order valence-electron chi connectivity index (χ3n) is 4.92. The molecule has 0 aliphatic carbocycles. The zero-order valence-corrected chi connectivity index (χ0v) is 19.0. The van der Waals surface area contributed by atoms with E-state index in [9.17, 15) is 18.0 Å². The second-order valence-electron chi connectivity index (χ2n) is 6.98. The maximum absolute atomic E-state index is 13.9. The fourth-order valence-corrected chi connectivity index (χ4v) is 4.85. The van der Waals surface area contributed by atoms with E-state index < -0.39 is 23.6 Å². The topological polar surface area (TPSA) is 53.4 Å². The van der Waals surface area contributed by atoms with E-state index in [2.05, 4.69) is 4.98 Å². The predicted octanol–water partition coefficient (Wildman–Crippen LogP) is 5.93. The second-order valence-corrected chi connectivity index (χ2v) is 9.10. The highest BCUT2D eigenvalue weighted by Crippen LogP contribution is 2.43. The lowest BCUT2D eigenvalue weighted by atomic mass is 10.0. The van der Waals surface area contributed by atoms with Crippen molar-refractivity contribution in [3.63, 3.8) is 0 Å². The fourth-order valence-electron chi connectivity index (χ4n) is 3.53. The maximum Gasteiger partial charge on any atom is 0.416 e. The van der Waals surface area contributed by atoms with Crippen LogP contribution in [0.1, 0.15) is 29.9 Å². The van der Waals surface area contributed by atoms with E-state index in [1.165, 1.54) is 10.9 Å². The van der Waals surface area contributed by atoms with E-state index in [-0.39, 0.29) is 41.2 Å². The van der Waals surface area contributed by atoms with Crippen LogP contribution in [0.25, 0.3) is 10.9 Å². The Bertz CT molecular complexity index is 1230. The van der Waals surface area contributed by atoms with E-state index in [0.29, 0.717) is 5.02 Å². The number of fused-ring (bicyclic) bond motifs is 1. The van der Waals surface area contributed by atoms with E-state index in [1.54, 1.807) is 23.9 Å². The van der Waals surface area contributed by atoms with Crippen molar-refractivity contribution < 1.29 is 22.6 Å². The van der Waals surface area contributed by atoms with Crippen LogP contribution in [0.5, 0.6) is 0 Å². The average Bonchev–Trinajstić information content (AvgIpc) is 3.26. The van der Waals surface area contributed by atoms with Crippen LogP contribution in [0, 0.1) is 0 Å². The number of alkyl halides is 3. The summed E-state index contributed by atoms with van der Waals surface area (Å²) in [6, 6.07) is 6.08. The van der Waals surface area contributed by atoms with Gasteiger partial charge in [0, 0.05) is 15.5 Å². The Kier molecular flexibility index (Phi) is 6.74. The van der Waals surface area contributed by atoms with Gasteiger partial charge in [-0.1, -0.05) is 30.1 Å². The van der Waals surface area contributed by atoms with E-state index >= 15 is 0 Å². The van der Waals surface area contributed by atoms with Gasteiger partial charge in [-0.15, -0.1) is 11.8 Å². The molecule has 0 saturated carbocycles. The minimum absolute atomic E-state index is 0.0377. The number of rotatable bonds is 5. The van der Waals surface area contributed by atoms with Crippen molar-refractivity contribution in [3.05, 3.63) is 67.7 Å². The number of halogens is 5. The van der Waals surface area contributed by atoms with Crippen LogP contribution in [0.3, 0.4) is 0 Å². The average molecular weight is 505 g/mol. The Hall–Kier alpha value is -1.78. The Labute approximate surface area is 195 Å². The molecular formula is C21H17Cl2F3N2O3S. The van der Waals surface area contributed by atoms with E-state index in [0.717, 1.165) is 22.3 Å². The molecule has 1 aliphatic heterocycles. The molecule has 0 N–H and O–H groups in total. The van der Waals surface area contributed by atoms with Gasteiger partial charge in [0.15, 0.2) is 6.29 Å². The van der Waals surface area contributed by atoms with Gasteiger partial charge in [0.1, 0.15) is 0 Å². The minimum atomic E-state index is -4.77. The third kappa shape index (κ3) is 4.49. The number of hydrogen-bond donors (Lipinski definition) is 0. The molecule has 0 amide bonds. The zero-order chi connectivity index (χ0) is 23.0. The Morgan fingerprint density at radius 2 is 1.94 bits per heavy atom. The first-order valence-corrected chi connectivity index (χ1v) is 11.4. The zero-order valence-electron chi connectivity index (χ0n) is 16.7. The van der Waals surface area contributed by atoms with Crippen molar-refractivity contribution in [1.82, 2.24) is 9.55 Å². The normalized spacial score (nSPS) is 15.1. The van der Waals surface area contributed by atoms with Gasteiger partial charge in [-0.25, -0.2) is 4.98 Å². The predicted molar refractivity (Wildman–Crippen MR) is 118 cm³/mol. The summed E-state index contributed by atoms with van der Waals surface area (Å²) < 4.78 is 53.3. The Balaban J connectivity index is 1.87. The SMILES string of the molecule is CCSc1ccc(Cl)cc1Cn1cnc2c(Cl)c(C3OCCO3)c(C(F)(F)F)cc2c1=O. The Morgan fingerprint density at radius 1 is 1.22 bits per heavy atom. The molecule has 3 aromatic rings.